The molecule has 1 aliphatic carbocycles. The summed E-state index contributed by atoms with van der Waals surface area (Å²) in [5, 5.41) is 10.0. The van der Waals surface area contributed by atoms with Gasteiger partial charge in [-0.3, -0.25) is 0 Å². The van der Waals surface area contributed by atoms with Crippen LogP contribution in [0.1, 0.15) is 52.9 Å². The fourth-order valence-electron chi connectivity index (χ4n) is 2.32. The number of hydrogen-bond acceptors (Lipinski definition) is 1. The summed E-state index contributed by atoms with van der Waals surface area (Å²) in [6.45, 7) is 6.64. The third-order valence-corrected chi connectivity index (χ3v) is 2.79. The van der Waals surface area contributed by atoms with Crippen molar-refractivity contribution in [2.75, 3.05) is 0 Å². The Kier molecular flexibility index (Phi) is 2.29. The maximum Gasteiger partial charge on any atom is 0.0653 e. The van der Waals surface area contributed by atoms with Gasteiger partial charge >= 0.3 is 0 Å². The maximum atomic E-state index is 10.0. The van der Waals surface area contributed by atoms with Gasteiger partial charge in [-0.05, 0) is 31.1 Å². The van der Waals surface area contributed by atoms with Gasteiger partial charge in [-0.25, -0.2) is 0 Å². The van der Waals surface area contributed by atoms with Crippen LogP contribution in [0.2, 0.25) is 0 Å². The molecule has 0 aromatic rings. The summed E-state index contributed by atoms with van der Waals surface area (Å²) in [4.78, 5) is 0. The molecule has 0 amide bonds. The van der Waals surface area contributed by atoms with Crippen LogP contribution in [-0.4, -0.2) is 10.7 Å². The summed E-state index contributed by atoms with van der Waals surface area (Å²) < 4.78 is 0. The van der Waals surface area contributed by atoms with E-state index in [-0.39, 0.29) is 5.60 Å². The molecule has 1 nitrogen and oxygen atoms in total. The molecule has 1 heteroatoms. The van der Waals surface area contributed by atoms with Gasteiger partial charge < -0.3 is 5.11 Å². The summed E-state index contributed by atoms with van der Waals surface area (Å²) in [6, 6.07) is 0. The first-order valence-corrected chi connectivity index (χ1v) is 4.70. The van der Waals surface area contributed by atoms with E-state index in [9.17, 15) is 5.11 Å². The maximum absolute atomic E-state index is 10.0. The smallest absolute Gasteiger partial charge is 0.0653 e. The van der Waals surface area contributed by atoms with Crippen LogP contribution in [0.5, 0.6) is 0 Å². The quantitative estimate of drug-likeness (QED) is 0.651. The minimum Gasteiger partial charge on any atom is -0.390 e. The molecular formula is C10H20O. The van der Waals surface area contributed by atoms with E-state index in [1.165, 1.54) is 6.42 Å². The van der Waals surface area contributed by atoms with Crippen molar-refractivity contribution in [3.8, 4) is 0 Å². The van der Waals surface area contributed by atoms with Gasteiger partial charge in [-0.1, -0.05) is 27.2 Å². The van der Waals surface area contributed by atoms with Crippen LogP contribution in [0.3, 0.4) is 0 Å². The summed E-state index contributed by atoms with van der Waals surface area (Å²) >= 11 is 0. The molecule has 1 N–H and O–H groups in total. The first-order chi connectivity index (χ1) is 4.97. The van der Waals surface area contributed by atoms with Crippen molar-refractivity contribution in [3.05, 3.63) is 0 Å². The number of aliphatic hydroxyl groups is 1. The van der Waals surface area contributed by atoms with E-state index in [2.05, 4.69) is 20.8 Å². The van der Waals surface area contributed by atoms with Gasteiger partial charge in [0.2, 0.25) is 0 Å². The molecule has 0 spiro atoms. The van der Waals surface area contributed by atoms with Crippen LogP contribution >= 0.6 is 0 Å². The average molecular weight is 156 g/mol. The van der Waals surface area contributed by atoms with E-state index in [0.29, 0.717) is 5.41 Å². The average Bonchev–Trinajstić information content (AvgIpc) is 2.07. The van der Waals surface area contributed by atoms with Crippen molar-refractivity contribution in [1.82, 2.24) is 0 Å². The second-order valence-corrected chi connectivity index (χ2v) is 4.82. The lowest BCUT2D eigenvalue weighted by Gasteiger charge is -2.24. The molecule has 66 valence electrons. The Bertz CT molecular complexity index is 140. The summed E-state index contributed by atoms with van der Waals surface area (Å²) in [7, 11) is 0. The van der Waals surface area contributed by atoms with Gasteiger partial charge in [0.1, 0.15) is 0 Å². The van der Waals surface area contributed by atoms with Crippen LogP contribution in [0.25, 0.3) is 0 Å². The Morgan fingerprint density at radius 1 is 1.27 bits per heavy atom. The lowest BCUT2D eigenvalue weighted by molar-refractivity contribution is 0.0282. The van der Waals surface area contributed by atoms with E-state index in [4.69, 9.17) is 0 Å². The Hall–Kier alpha value is -0.0400. The Morgan fingerprint density at radius 2 is 1.91 bits per heavy atom. The van der Waals surface area contributed by atoms with E-state index < -0.39 is 0 Å². The molecule has 1 fully saturated rings. The summed E-state index contributed by atoms with van der Waals surface area (Å²) in [6.07, 6.45) is 5.27. The first-order valence-electron chi connectivity index (χ1n) is 4.70. The highest BCUT2D eigenvalue weighted by Crippen LogP contribution is 2.45. The molecule has 0 radical (unpaired) electrons. The van der Waals surface area contributed by atoms with Crippen molar-refractivity contribution >= 4 is 0 Å². The largest absolute Gasteiger partial charge is 0.390 e. The predicted octanol–water partition coefficient (Wildman–Crippen LogP) is 2.73. The summed E-state index contributed by atoms with van der Waals surface area (Å²) in [5.41, 5.74) is 0.0577. The fraction of sp³-hybridized carbons (Fsp3) is 1.00. The molecule has 0 bridgehead atoms. The lowest BCUT2D eigenvalue weighted by Crippen LogP contribution is -2.25. The number of rotatable bonds is 2. The molecule has 0 aliphatic heterocycles. The Labute approximate surface area is 69.8 Å². The van der Waals surface area contributed by atoms with Crippen molar-refractivity contribution in [1.29, 1.82) is 0 Å². The molecule has 0 aromatic heterocycles. The van der Waals surface area contributed by atoms with Crippen molar-refractivity contribution < 1.29 is 5.11 Å². The zero-order valence-electron chi connectivity index (χ0n) is 7.98. The molecule has 0 aromatic carbocycles. The fourth-order valence-corrected chi connectivity index (χ4v) is 2.32. The molecule has 11 heavy (non-hydrogen) atoms. The first kappa shape index (κ1) is 9.05. The summed E-state index contributed by atoms with van der Waals surface area (Å²) in [5.74, 6) is 0. The second kappa shape index (κ2) is 2.78. The monoisotopic (exact) mass is 156 g/mol. The molecule has 1 aliphatic rings. The van der Waals surface area contributed by atoms with Gasteiger partial charge in [0.25, 0.3) is 0 Å². The van der Waals surface area contributed by atoms with Crippen molar-refractivity contribution in [3.63, 3.8) is 0 Å². The molecule has 1 saturated carbocycles. The van der Waals surface area contributed by atoms with Crippen molar-refractivity contribution in [2.45, 2.75) is 58.5 Å². The lowest BCUT2D eigenvalue weighted by atomic mass is 9.87. The van der Waals surface area contributed by atoms with Crippen LogP contribution < -0.4 is 0 Å². The highest BCUT2D eigenvalue weighted by atomic mass is 16.3. The molecule has 0 saturated heterocycles. The standard InChI is InChI=1S/C10H20O/c1-4-5-10(11)7-6-9(2,3)8-10/h11H,4-8H2,1-3H3. The van der Waals surface area contributed by atoms with Gasteiger partial charge in [-0.15, -0.1) is 0 Å². The molecule has 0 heterocycles. The Balaban J connectivity index is 2.51. The topological polar surface area (TPSA) is 20.2 Å². The SMILES string of the molecule is CCCC1(O)CCC(C)(C)C1. The van der Waals surface area contributed by atoms with E-state index in [0.717, 1.165) is 25.7 Å². The van der Waals surface area contributed by atoms with Crippen LogP contribution in [0, 0.1) is 5.41 Å². The third kappa shape index (κ3) is 2.19. The Morgan fingerprint density at radius 3 is 2.27 bits per heavy atom. The minimum absolute atomic E-state index is 0.321. The van der Waals surface area contributed by atoms with Gasteiger partial charge in [0.05, 0.1) is 5.60 Å². The highest BCUT2D eigenvalue weighted by molar-refractivity contribution is 4.93. The second-order valence-electron chi connectivity index (χ2n) is 4.82. The van der Waals surface area contributed by atoms with Crippen LogP contribution in [-0.2, 0) is 0 Å². The number of hydrogen-bond donors (Lipinski definition) is 1. The van der Waals surface area contributed by atoms with Crippen molar-refractivity contribution in [2.24, 2.45) is 5.41 Å². The highest BCUT2D eigenvalue weighted by Gasteiger charge is 2.40. The zero-order chi connectivity index (χ0) is 8.54. The van der Waals surface area contributed by atoms with E-state index >= 15 is 0 Å². The van der Waals surface area contributed by atoms with E-state index in [1.54, 1.807) is 0 Å². The third-order valence-electron chi connectivity index (χ3n) is 2.79. The molecule has 1 atom stereocenters. The van der Waals surface area contributed by atoms with Gasteiger partial charge in [-0.2, -0.15) is 0 Å². The van der Waals surface area contributed by atoms with Gasteiger partial charge in [0, 0.05) is 0 Å². The predicted molar refractivity (Wildman–Crippen MR) is 47.5 cm³/mol. The molecule has 1 rings (SSSR count). The van der Waals surface area contributed by atoms with Crippen LogP contribution in [0.15, 0.2) is 0 Å². The van der Waals surface area contributed by atoms with Gasteiger partial charge in [0.15, 0.2) is 0 Å². The molecule has 1 unspecified atom stereocenters. The molecular weight excluding hydrogens is 136 g/mol. The van der Waals surface area contributed by atoms with Crippen LogP contribution in [0.4, 0.5) is 0 Å². The normalized spacial score (nSPS) is 36.0. The minimum atomic E-state index is -0.321. The zero-order valence-corrected chi connectivity index (χ0v) is 7.98. The van der Waals surface area contributed by atoms with E-state index in [1.807, 2.05) is 0 Å².